The first-order chi connectivity index (χ1) is 11.4. The van der Waals surface area contributed by atoms with E-state index < -0.39 is 5.60 Å². The van der Waals surface area contributed by atoms with Crippen LogP contribution in [0.25, 0.3) is 0 Å². The van der Waals surface area contributed by atoms with Crippen LogP contribution in [0, 0.1) is 0 Å². The Bertz CT molecular complexity index is 716. The lowest BCUT2D eigenvalue weighted by Gasteiger charge is -2.16. The number of aryl methyl sites for hydroxylation is 1. The van der Waals surface area contributed by atoms with Crippen molar-refractivity contribution in [3.63, 3.8) is 0 Å². The Labute approximate surface area is 142 Å². The second-order valence-electron chi connectivity index (χ2n) is 6.88. The number of fused-ring (bicyclic) bond motifs is 1. The fraction of sp³-hybridized carbons (Fsp3) is 0.350. The van der Waals surface area contributed by atoms with Crippen LogP contribution in [0.15, 0.2) is 48.5 Å². The highest BCUT2D eigenvalue weighted by Gasteiger charge is 2.25. The predicted octanol–water partition coefficient (Wildman–Crippen LogP) is 3.25. The Hall–Kier alpha value is -2.33. The molecular formula is C20H23NO3. The van der Waals surface area contributed by atoms with E-state index in [9.17, 15) is 9.90 Å². The van der Waals surface area contributed by atoms with Gasteiger partial charge in [0.1, 0.15) is 12.4 Å². The van der Waals surface area contributed by atoms with E-state index in [0.29, 0.717) is 18.6 Å². The van der Waals surface area contributed by atoms with Gasteiger partial charge in [-0.3, -0.25) is 4.79 Å². The number of rotatable bonds is 5. The average molecular weight is 325 g/mol. The summed E-state index contributed by atoms with van der Waals surface area (Å²) in [6.07, 6.45) is 1.48. The van der Waals surface area contributed by atoms with Gasteiger partial charge in [-0.05, 0) is 50.5 Å². The minimum absolute atomic E-state index is 0.102. The third-order valence-corrected chi connectivity index (χ3v) is 4.25. The van der Waals surface area contributed by atoms with Crippen molar-refractivity contribution in [3.05, 3.63) is 65.2 Å². The minimum atomic E-state index is -0.675. The predicted molar refractivity (Wildman–Crippen MR) is 93.2 cm³/mol. The summed E-state index contributed by atoms with van der Waals surface area (Å²) in [6.45, 7) is 4.07. The maximum Gasteiger partial charge on any atom is 0.251 e. The van der Waals surface area contributed by atoms with Gasteiger partial charge in [0, 0.05) is 11.1 Å². The van der Waals surface area contributed by atoms with Crippen molar-refractivity contribution in [2.24, 2.45) is 0 Å². The van der Waals surface area contributed by atoms with E-state index in [1.807, 2.05) is 48.5 Å². The van der Waals surface area contributed by atoms with Gasteiger partial charge >= 0.3 is 0 Å². The van der Waals surface area contributed by atoms with Gasteiger partial charge in [0.15, 0.2) is 0 Å². The highest BCUT2D eigenvalue weighted by Crippen LogP contribution is 2.31. The lowest BCUT2D eigenvalue weighted by atomic mass is 9.98. The van der Waals surface area contributed by atoms with Crippen LogP contribution in [0.1, 0.15) is 47.8 Å². The van der Waals surface area contributed by atoms with Crippen molar-refractivity contribution < 1.29 is 14.6 Å². The number of aliphatic hydroxyl groups is 1. The van der Waals surface area contributed by atoms with Crippen molar-refractivity contribution in [2.75, 3.05) is 6.61 Å². The molecule has 24 heavy (non-hydrogen) atoms. The van der Waals surface area contributed by atoms with Crippen molar-refractivity contribution in [1.29, 1.82) is 0 Å². The van der Waals surface area contributed by atoms with E-state index in [1.54, 1.807) is 13.8 Å². The first-order valence-electron chi connectivity index (χ1n) is 8.26. The molecule has 0 bridgehead atoms. The molecule has 0 saturated carbocycles. The Kier molecular flexibility index (Phi) is 4.58. The van der Waals surface area contributed by atoms with Gasteiger partial charge < -0.3 is 15.2 Å². The summed E-state index contributed by atoms with van der Waals surface area (Å²) in [7, 11) is 0. The number of hydrogen-bond acceptors (Lipinski definition) is 3. The highest BCUT2D eigenvalue weighted by molar-refractivity contribution is 5.94. The van der Waals surface area contributed by atoms with E-state index in [2.05, 4.69) is 5.32 Å². The number of nitrogens with one attached hydrogen (secondary N) is 1. The van der Waals surface area contributed by atoms with Crippen LogP contribution in [0.5, 0.6) is 5.75 Å². The van der Waals surface area contributed by atoms with Crippen LogP contribution < -0.4 is 10.1 Å². The summed E-state index contributed by atoms with van der Waals surface area (Å²) in [4.78, 5) is 12.4. The van der Waals surface area contributed by atoms with Crippen molar-refractivity contribution in [3.8, 4) is 5.75 Å². The van der Waals surface area contributed by atoms with Crippen molar-refractivity contribution in [1.82, 2.24) is 5.32 Å². The Morgan fingerprint density at radius 2 is 1.92 bits per heavy atom. The molecule has 0 saturated heterocycles. The molecule has 4 heteroatoms. The molecule has 2 N–H and O–H groups in total. The van der Waals surface area contributed by atoms with Gasteiger partial charge in [0.25, 0.3) is 5.91 Å². The first kappa shape index (κ1) is 16.5. The number of ether oxygens (including phenoxy) is 1. The standard InChI is InChI=1S/C20H23NO3/c1-20(2,23)12-11-14-7-9-15(10-8-14)19(22)21-17-13-24-18-6-4-3-5-16(17)18/h3-10,17,23H,11-13H2,1-2H3,(H,21,22). The molecule has 4 nitrogen and oxygen atoms in total. The fourth-order valence-electron chi connectivity index (χ4n) is 2.80. The molecule has 1 heterocycles. The monoisotopic (exact) mass is 325 g/mol. The zero-order valence-electron chi connectivity index (χ0n) is 14.1. The van der Waals surface area contributed by atoms with Gasteiger partial charge in [-0.15, -0.1) is 0 Å². The van der Waals surface area contributed by atoms with E-state index in [4.69, 9.17) is 4.74 Å². The first-order valence-corrected chi connectivity index (χ1v) is 8.26. The normalized spacial score (nSPS) is 16.4. The van der Waals surface area contributed by atoms with Crippen LogP contribution in [-0.4, -0.2) is 23.2 Å². The number of para-hydroxylation sites is 1. The summed E-state index contributed by atoms with van der Waals surface area (Å²) in [5.41, 5.74) is 2.09. The molecule has 3 rings (SSSR count). The SMILES string of the molecule is CC(C)(O)CCc1ccc(C(=O)NC2COc3ccccc32)cc1. The third kappa shape index (κ3) is 3.95. The Balaban J connectivity index is 1.62. The lowest BCUT2D eigenvalue weighted by molar-refractivity contribution is 0.0713. The molecule has 1 aliphatic rings. The molecule has 1 unspecified atom stereocenters. The van der Waals surface area contributed by atoms with Crippen LogP contribution in [0.3, 0.4) is 0 Å². The summed E-state index contributed by atoms with van der Waals surface area (Å²) >= 11 is 0. The van der Waals surface area contributed by atoms with Crippen molar-refractivity contribution in [2.45, 2.75) is 38.3 Å². The van der Waals surface area contributed by atoms with Crippen LogP contribution in [0.4, 0.5) is 0 Å². The molecule has 0 spiro atoms. The Morgan fingerprint density at radius 3 is 2.62 bits per heavy atom. The molecule has 1 amide bonds. The second kappa shape index (κ2) is 6.65. The summed E-state index contributed by atoms with van der Waals surface area (Å²) in [5.74, 6) is 0.735. The van der Waals surface area contributed by atoms with Gasteiger partial charge in [-0.2, -0.15) is 0 Å². The molecule has 1 aliphatic heterocycles. The summed E-state index contributed by atoms with van der Waals surface area (Å²) < 4.78 is 5.59. The maximum atomic E-state index is 12.4. The van der Waals surface area contributed by atoms with E-state index >= 15 is 0 Å². The summed E-state index contributed by atoms with van der Waals surface area (Å²) in [6, 6.07) is 15.2. The lowest BCUT2D eigenvalue weighted by Crippen LogP contribution is -2.29. The number of hydrogen-bond donors (Lipinski definition) is 2. The molecule has 0 radical (unpaired) electrons. The van der Waals surface area contributed by atoms with Crippen LogP contribution >= 0.6 is 0 Å². The van der Waals surface area contributed by atoms with Gasteiger partial charge in [-0.25, -0.2) is 0 Å². The molecular weight excluding hydrogens is 302 g/mol. The average Bonchev–Trinajstić information content (AvgIpc) is 2.96. The zero-order valence-corrected chi connectivity index (χ0v) is 14.1. The third-order valence-electron chi connectivity index (χ3n) is 4.25. The minimum Gasteiger partial charge on any atom is -0.491 e. The molecule has 126 valence electrons. The number of benzene rings is 2. The van der Waals surface area contributed by atoms with Gasteiger partial charge in [0.05, 0.1) is 11.6 Å². The fourth-order valence-corrected chi connectivity index (χ4v) is 2.80. The number of amides is 1. The van der Waals surface area contributed by atoms with Crippen molar-refractivity contribution >= 4 is 5.91 Å². The maximum absolute atomic E-state index is 12.4. The van der Waals surface area contributed by atoms with Crippen LogP contribution in [0.2, 0.25) is 0 Å². The van der Waals surface area contributed by atoms with Gasteiger partial charge in [-0.1, -0.05) is 30.3 Å². The molecule has 0 aliphatic carbocycles. The second-order valence-corrected chi connectivity index (χ2v) is 6.88. The quantitative estimate of drug-likeness (QED) is 0.887. The number of carbonyl (C=O) groups is 1. The molecule has 0 fully saturated rings. The smallest absolute Gasteiger partial charge is 0.251 e. The molecule has 0 aromatic heterocycles. The molecule has 1 atom stereocenters. The largest absolute Gasteiger partial charge is 0.491 e. The molecule has 2 aromatic rings. The van der Waals surface area contributed by atoms with Crippen LogP contribution in [-0.2, 0) is 6.42 Å². The topological polar surface area (TPSA) is 58.6 Å². The molecule has 2 aromatic carbocycles. The van der Waals surface area contributed by atoms with E-state index in [-0.39, 0.29) is 11.9 Å². The Morgan fingerprint density at radius 1 is 1.21 bits per heavy atom. The van der Waals surface area contributed by atoms with E-state index in [1.165, 1.54) is 0 Å². The number of carbonyl (C=O) groups excluding carboxylic acids is 1. The highest BCUT2D eigenvalue weighted by atomic mass is 16.5. The summed E-state index contributed by atoms with van der Waals surface area (Å²) in [5, 5.41) is 12.8. The van der Waals surface area contributed by atoms with E-state index in [0.717, 1.165) is 23.3 Å². The zero-order chi connectivity index (χ0) is 17.2. The van der Waals surface area contributed by atoms with Gasteiger partial charge in [0.2, 0.25) is 0 Å².